The number of aromatic nitrogens is 1. The zero-order chi connectivity index (χ0) is 13.8. The van der Waals surface area contributed by atoms with Crippen LogP contribution in [-0.2, 0) is 0 Å². The highest BCUT2D eigenvalue weighted by atomic mass is 16.5. The molecule has 0 radical (unpaired) electrons. The van der Waals surface area contributed by atoms with Gasteiger partial charge in [-0.2, -0.15) is 0 Å². The number of ether oxygens (including phenoxy) is 1. The van der Waals surface area contributed by atoms with Gasteiger partial charge in [-0.1, -0.05) is 17.3 Å². The molecule has 0 aliphatic heterocycles. The Kier molecular flexibility index (Phi) is 3.66. The molecule has 0 aliphatic carbocycles. The number of amidine groups is 1. The van der Waals surface area contributed by atoms with Crippen molar-refractivity contribution in [1.29, 1.82) is 0 Å². The van der Waals surface area contributed by atoms with Crippen LogP contribution in [0, 0.1) is 13.8 Å². The highest BCUT2D eigenvalue weighted by molar-refractivity contribution is 5.95. The minimum Gasteiger partial charge on any atom is -0.457 e. The van der Waals surface area contributed by atoms with Crippen molar-refractivity contribution in [3.05, 3.63) is 53.3 Å². The average molecular weight is 257 g/mol. The van der Waals surface area contributed by atoms with E-state index < -0.39 is 0 Å². The lowest BCUT2D eigenvalue weighted by Gasteiger charge is -2.10. The van der Waals surface area contributed by atoms with Crippen LogP contribution in [0.25, 0.3) is 0 Å². The smallest absolute Gasteiger partial charge is 0.188 e. The maximum absolute atomic E-state index is 8.63. The van der Waals surface area contributed by atoms with Gasteiger partial charge in [0, 0.05) is 12.3 Å². The maximum atomic E-state index is 8.63. The number of hydrogen-bond donors (Lipinski definition) is 2. The first-order valence-electron chi connectivity index (χ1n) is 5.80. The normalized spacial score (nSPS) is 11.4. The predicted octanol–water partition coefficient (Wildman–Crippen LogP) is 2.59. The second kappa shape index (κ2) is 5.39. The van der Waals surface area contributed by atoms with E-state index in [1.54, 1.807) is 18.3 Å². The number of pyridine rings is 1. The molecule has 1 aromatic heterocycles. The summed E-state index contributed by atoms with van der Waals surface area (Å²) in [4.78, 5) is 4.00. The van der Waals surface area contributed by atoms with Gasteiger partial charge in [-0.25, -0.2) is 0 Å². The third kappa shape index (κ3) is 2.82. The summed E-state index contributed by atoms with van der Waals surface area (Å²) in [5.41, 5.74) is 8.09. The Morgan fingerprint density at radius 2 is 2.11 bits per heavy atom. The van der Waals surface area contributed by atoms with Crippen LogP contribution in [0.15, 0.2) is 41.7 Å². The topological polar surface area (TPSA) is 80.7 Å². The molecule has 3 N–H and O–H groups in total. The summed E-state index contributed by atoms with van der Waals surface area (Å²) < 4.78 is 5.79. The summed E-state index contributed by atoms with van der Waals surface area (Å²) >= 11 is 0. The molecule has 0 spiro atoms. The molecule has 5 heteroatoms. The summed E-state index contributed by atoms with van der Waals surface area (Å²) in [6.07, 6.45) is 1.55. The molecule has 0 saturated carbocycles. The van der Waals surface area contributed by atoms with Crippen molar-refractivity contribution >= 4 is 5.84 Å². The van der Waals surface area contributed by atoms with E-state index >= 15 is 0 Å². The Balaban J connectivity index is 2.31. The van der Waals surface area contributed by atoms with Gasteiger partial charge in [0.25, 0.3) is 0 Å². The van der Waals surface area contributed by atoms with E-state index in [-0.39, 0.29) is 5.84 Å². The molecule has 2 aromatic rings. The summed E-state index contributed by atoms with van der Waals surface area (Å²) in [5, 5.41) is 11.5. The lowest BCUT2D eigenvalue weighted by molar-refractivity contribution is 0.318. The Morgan fingerprint density at radius 1 is 1.32 bits per heavy atom. The van der Waals surface area contributed by atoms with Crippen molar-refractivity contribution in [2.75, 3.05) is 0 Å². The molecule has 5 nitrogen and oxygen atoms in total. The molecule has 0 atom stereocenters. The van der Waals surface area contributed by atoms with Gasteiger partial charge in [0.1, 0.15) is 17.2 Å². The molecule has 0 saturated heterocycles. The van der Waals surface area contributed by atoms with Crippen LogP contribution in [0.4, 0.5) is 0 Å². The fourth-order valence-corrected chi connectivity index (χ4v) is 1.63. The zero-order valence-corrected chi connectivity index (χ0v) is 10.8. The quantitative estimate of drug-likeness (QED) is 0.383. The lowest BCUT2D eigenvalue weighted by atomic mass is 10.1. The number of hydrogen-bond acceptors (Lipinski definition) is 4. The molecule has 1 heterocycles. The molecular formula is C14H15N3O2. The second-order valence-electron chi connectivity index (χ2n) is 4.16. The summed E-state index contributed by atoms with van der Waals surface area (Å²) in [5.74, 6) is 1.31. The number of oxime groups is 1. The van der Waals surface area contributed by atoms with Gasteiger partial charge in [0.05, 0.1) is 0 Å². The predicted molar refractivity (Wildman–Crippen MR) is 72.7 cm³/mol. The Labute approximate surface area is 111 Å². The molecule has 1 aromatic carbocycles. The third-order valence-electron chi connectivity index (χ3n) is 2.88. The fraction of sp³-hybridized carbons (Fsp3) is 0.143. The number of nitrogens with zero attached hydrogens (tertiary/aromatic N) is 2. The molecule has 2 rings (SSSR count). The highest BCUT2D eigenvalue weighted by Crippen LogP contribution is 2.26. The van der Waals surface area contributed by atoms with E-state index in [1.807, 2.05) is 32.0 Å². The second-order valence-corrected chi connectivity index (χ2v) is 4.16. The van der Waals surface area contributed by atoms with E-state index in [1.165, 1.54) is 0 Å². The van der Waals surface area contributed by atoms with E-state index in [0.717, 1.165) is 16.9 Å². The van der Waals surface area contributed by atoms with Gasteiger partial charge < -0.3 is 15.7 Å². The van der Waals surface area contributed by atoms with Crippen LogP contribution in [0.1, 0.15) is 16.8 Å². The summed E-state index contributed by atoms with van der Waals surface area (Å²) in [6, 6.07) is 9.19. The van der Waals surface area contributed by atoms with Gasteiger partial charge in [0.2, 0.25) is 0 Å². The van der Waals surface area contributed by atoms with Crippen molar-refractivity contribution in [2.45, 2.75) is 13.8 Å². The average Bonchev–Trinajstić information content (AvgIpc) is 2.43. The van der Waals surface area contributed by atoms with E-state index in [2.05, 4.69) is 10.1 Å². The monoisotopic (exact) mass is 257 g/mol. The Bertz CT molecular complexity index is 624. The van der Waals surface area contributed by atoms with Gasteiger partial charge in [-0.05, 0) is 37.1 Å². The van der Waals surface area contributed by atoms with E-state index in [4.69, 9.17) is 15.7 Å². The van der Waals surface area contributed by atoms with Crippen molar-refractivity contribution in [3.8, 4) is 11.5 Å². The van der Waals surface area contributed by atoms with Gasteiger partial charge in [0.15, 0.2) is 5.84 Å². The Hall–Kier alpha value is -2.56. The maximum Gasteiger partial charge on any atom is 0.188 e. The largest absolute Gasteiger partial charge is 0.457 e. The van der Waals surface area contributed by atoms with Crippen molar-refractivity contribution in [1.82, 2.24) is 4.98 Å². The van der Waals surface area contributed by atoms with Gasteiger partial charge in [-0.3, -0.25) is 4.98 Å². The molecular weight excluding hydrogens is 242 g/mol. The standard InChI is InChI=1S/C14H15N3O2/c1-9-4-3-5-13(10(9)2)19-11-6-7-16-12(8-11)14(15)17-18/h3-8,18H,1-2H3,(H2,15,17). The molecule has 98 valence electrons. The summed E-state index contributed by atoms with van der Waals surface area (Å²) in [6.45, 7) is 4.02. The SMILES string of the molecule is Cc1cccc(Oc2ccnc(C(N)=NO)c2)c1C. The highest BCUT2D eigenvalue weighted by Gasteiger charge is 2.06. The van der Waals surface area contributed by atoms with Crippen molar-refractivity contribution < 1.29 is 9.94 Å². The molecule has 19 heavy (non-hydrogen) atoms. The number of benzene rings is 1. The Morgan fingerprint density at radius 3 is 2.84 bits per heavy atom. The number of nitrogens with two attached hydrogens (primary N) is 1. The zero-order valence-electron chi connectivity index (χ0n) is 10.8. The first-order valence-corrected chi connectivity index (χ1v) is 5.80. The number of aryl methyl sites for hydroxylation is 1. The van der Waals surface area contributed by atoms with Crippen molar-refractivity contribution in [3.63, 3.8) is 0 Å². The van der Waals surface area contributed by atoms with Gasteiger partial charge >= 0.3 is 0 Å². The van der Waals surface area contributed by atoms with Crippen LogP contribution < -0.4 is 10.5 Å². The summed E-state index contributed by atoms with van der Waals surface area (Å²) in [7, 11) is 0. The van der Waals surface area contributed by atoms with Crippen LogP contribution in [0.3, 0.4) is 0 Å². The molecule has 0 aliphatic rings. The molecule has 0 amide bonds. The van der Waals surface area contributed by atoms with Gasteiger partial charge in [-0.15, -0.1) is 0 Å². The minimum atomic E-state index is -0.0496. The third-order valence-corrected chi connectivity index (χ3v) is 2.88. The van der Waals surface area contributed by atoms with Crippen LogP contribution in [0.2, 0.25) is 0 Å². The van der Waals surface area contributed by atoms with Crippen molar-refractivity contribution in [2.24, 2.45) is 10.9 Å². The van der Waals surface area contributed by atoms with Crippen LogP contribution in [-0.4, -0.2) is 16.0 Å². The van der Waals surface area contributed by atoms with Crippen LogP contribution >= 0.6 is 0 Å². The first-order chi connectivity index (χ1) is 9.11. The fourth-order valence-electron chi connectivity index (χ4n) is 1.63. The molecule has 0 fully saturated rings. The lowest BCUT2D eigenvalue weighted by Crippen LogP contribution is -2.14. The van der Waals surface area contributed by atoms with Crippen LogP contribution in [0.5, 0.6) is 11.5 Å². The van der Waals surface area contributed by atoms with E-state index in [0.29, 0.717) is 11.4 Å². The molecule has 0 unspecified atom stereocenters. The van der Waals surface area contributed by atoms with E-state index in [9.17, 15) is 0 Å². The minimum absolute atomic E-state index is 0.0496. The molecule has 0 bridgehead atoms. The first kappa shape index (κ1) is 12.9. The number of rotatable bonds is 3.